The van der Waals surface area contributed by atoms with E-state index in [0.29, 0.717) is 0 Å². The van der Waals surface area contributed by atoms with Gasteiger partial charge in [0.15, 0.2) is 0 Å². The maximum absolute atomic E-state index is 3.76. The summed E-state index contributed by atoms with van der Waals surface area (Å²) in [6.07, 6.45) is 2.70. The van der Waals surface area contributed by atoms with E-state index in [-0.39, 0.29) is 0 Å². The van der Waals surface area contributed by atoms with Gasteiger partial charge in [-0.25, -0.2) is 0 Å². The first-order valence-corrected chi connectivity index (χ1v) is 6.23. The maximum atomic E-state index is 3.76. The summed E-state index contributed by atoms with van der Waals surface area (Å²) in [6, 6.07) is 6.53. The molecule has 2 aromatic rings. The van der Waals surface area contributed by atoms with Crippen LogP contribution in [-0.4, -0.2) is 4.57 Å². The Labute approximate surface area is 98.2 Å². The predicted octanol–water partition coefficient (Wildman–Crippen LogP) is 4.13. The number of nitrogens with zero attached hydrogens (tertiary/aromatic N) is 1. The molecule has 0 bridgehead atoms. The van der Waals surface area contributed by atoms with Crippen molar-refractivity contribution in [3.8, 4) is 0 Å². The second-order valence-electron chi connectivity index (χ2n) is 4.50. The normalized spacial score (nSPS) is 16.2. The van der Waals surface area contributed by atoms with Crippen molar-refractivity contribution in [3.05, 3.63) is 33.9 Å². The molecule has 0 spiro atoms. The quantitative estimate of drug-likeness (QED) is 0.730. The van der Waals surface area contributed by atoms with Crippen LogP contribution in [0.1, 0.15) is 30.0 Å². The van der Waals surface area contributed by atoms with Gasteiger partial charge in [-0.05, 0) is 41.3 Å². The van der Waals surface area contributed by atoms with E-state index in [4.69, 9.17) is 0 Å². The Morgan fingerprint density at radius 2 is 2.07 bits per heavy atom. The van der Waals surface area contributed by atoms with Gasteiger partial charge in [-0.3, -0.25) is 0 Å². The van der Waals surface area contributed by atoms with Crippen LogP contribution in [-0.2, 0) is 7.05 Å². The van der Waals surface area contributed by atoms with Crippen molar-refractivity contribution in [2.45, 2.75) is 25.7 Å². The minimum Gasteiger partial charge on any atom is -0.346 e. The summed E-state index contributed by atoms with van der Waals surface area (Å²) in [5.74, 6) is 0.788. The van der Waals surface area contributed by atoms with Gasteiger partial charge in [0.25, 0.3) is 0 Å². The Balaban J connectivity index is 2.42. The zero-order chi connectivity index (χ0) is 10.6. The van der Waals surface area contributed by atoms with Gasteiger partial charge in [0.1, 0.15) is 0 Å². The van der Waals surface area contributed by atoms with Crippen LogP contribution < -0.4 is 0 Å². The third-order valence-electron chi connectivity index (χ3n) is 3.36. The fraction of sp³-hybridized carbons (Fsp3) is 0.385. The van der Waals surface area contributed by atoms with Crippen molar-refractivity contribution < 1.29 is 0 Å². The van der Waals surface area contributed by atoms with E-state index in [1.807, 2.05) is 0 Å². The number of fused-ring (bicyclic) bond motifs is 1. The number of hydrogen-bond acceptors (Lipinski definition) is 0. The van der Waals surface area contributed by atoms with Gasteiger partial charge in [-0.2, -0.15) is 0 Å². The van der Waals surface area contributed by atoms with Crippen molar-refractivity contribution in [3.63, 3.8) is 0 Å². The van der Waals surface area contributed by atoms with Gasteiger partial charge in [-0.15, -0.1) is 0 Å². The molecule has 1 aliphatic carbocycles. The van der Waals surface area contributed by atoms with E-state index in [9.17, 15) is 0 Å². The number of benzene rings is 1. The first-order chi connectivity index (χ1) is 7.20. The van der Waals surface area contributed by atoms with Crippen LogP contribution in [0.2, 0.25) is 0 Å². The first kappa shape index (κ1) is 9.46. The maximum Gasteiger partial charge on any atom is 0.0521 e. The molecular formula is C13H14BrN. The van der Waals surface area contributed by atoms with Gasteiger partial charge < -0.3 is 4.57 Å². The van der Waals surface area contributed by atoms with Crippen molar-refractivity contribution in [1.29, 1.82) is 0 Å². The monoisotopic (exact) mass is 263 g/mol. The molecule has 1 fully saturated rings. The summed E-state index contributed by atoms with van der Waals surface area (Å²) in [5.41, 5.74) is 4.23. The fourth-order valence-corrected chi connectivity index (χ4v) is 3.41. The summed E-state index contributed by atoms with van der Waals surface area (Å²) in [6.45, 7) is 2.19. The molecule has 1 nitrogen and oxygen atoms in total. The van der Waals surface area contributed by atoms with Crippen LogP contribution in [0.15, 0.2) is 22.7 Å². The molecule has 15 heavy (non-hydrogen) atoms. The molecule has 0 unspecified atom stereocenters. The molecule has 3 rings (SSSR count). The number of aromatic nitrogens is 1. The lowest BCUT2D eigenvalue weighted by Crippen LogP contribution is -1.95. The van der Waals surface area contributed by atoms with E-state index in [0.717, 1.165) is 5.92 Å². The molecule has 78 valence electrons. The molecule has 1 aromatic heterocycles. The average Bonchev–Trinajstić information content (AvgIpc) is 2.98. The second-order valence-corrected chi connectivity index (χ2v) is 5.30. The van der Waals surface area contributed by atoms with Crippen LogP contribution in [0.3, 0.4) is 0 Å². The fourth-order valence-electron chi connectivity index (χ4n) is 2.50. The Morgan fingerprint density at radius 3 is 2.67 bits per heavy atom. The van der Waals surface area contributed by atoms with Crippen LogP contribution in [0.5, 0.6) is 0 Å². The van der Waals surface area contributed by atoms with E-state index in [1.165, 1.54) is 39.5 Å². The number of halogens is 1. The summed E-state index contributed by atoms with van der Waals surface area (Å²) < 4.78 is 3.68. The molecule has 0 aliphatic heterocycles. The topological polar surface area (TPSA) is 4.93 Å². The smallest absolute Gasteiger partial charge is 0.0521 e. The van der Waals surface area contributed by atoms with Gasteiger partial charge in [0.2, 0.25) is 0 Å². The number of aryl methyl sites for hydroxylation is 2. The van der Waals surface area contributed by atoms with Gasteiger partial charge in [-0.1, -0.05) is 18.2 Å². The molecule has 0 atom stereocenters. The first-order valence-electron chi connectivity index (χ1n) is 5.43. The molecular weight excluding hydrogens is 250 g/mol. The van der Waals surface area contributed by atoms with E-state index >= 15 is 0 Å². The van der Waals surface area contributed by atoms with Crippen LogP contribution in [0, 0.1) is 6.92 Å². The Morgan fingerprint density at radius 1 is 1.33 bits per heavy atom. The lowest BCUT2D eigenvalue weighted by Gasteiger charge is -2.04. The highest BCUT2D eigenvalue weighted by Crippen LogP contribution is 2.46. The van der Waals surface area contributed by atoms with Crippen molar-refractivity contribution in [2.24, 2.45) is 7.05 Å². The van der Waals surface area contributed by atoms with Crippen LogP contribution >= 0.6 is 15.9 Å². The van der Waals surface area contributed by atoms with Gasteiger partial charge in [0, 0.05) is 28.5 Å². The highest BCUT2D eigenvalue weighted by atomic mass is 79.9. The highest BCUT2D eigenvalue weighted by Gasteiger charge is 2.30. The predicted molar refractivity (Wildman–Crippen MR) is 67.3 cm³/mol. The standard InChI is InChI=1S/C13H14BrN/c1-8-4-3-5-10-11(14)13(9-6-7-9)15(2)12(8)10/h3-5,9H,6-7H2,1-2H3. The number of hydrogen-bond donors (Lipinski definition) is 0. The molecule has 1 aliphatic rings. The highest BCUT2D eigenvalue weighted by molar-refractivity contribution is 9.10. The Kier molecular flexibility index (Phi) is 1.96. The molecule has 1 heterocycles. The number of para-hydroxylation sites is 1. The molecule has 0 amide bonds. The largest absolute Gasteiger partial charge is 0.346 e. The van der Waals surface area contributed by atoms with Gasteiger partial charge >= 0.3 is 0 Å². The Bertz CT molecular complexity index is 535. The SMILES string of the molecule is Cc1cccc2c(Br)c(C3CC3)n(C)c12. The molecule has 0 radical (unpaired) electrons. The van der Waals surface area contributed by atoms with Crippen LogP contribution in [0.25, 0.3) is 10.9 Å². The van der Waals surface area contributed by atoms with Crippen LogP contribution in [0.4, 0.5) is 0 Å². The van der Waals surface area contributed by atoms with Crippen molar-refractivity contribution >= 4 is 26.8 Å². The minimum atomic E-state index is 0.788. The summed E-state index contributed by atoms with van der Waals surface area (Å²) in [4.78, 5) is 0. The summed E-state index contributed by atoms with van der Waals surface area (Å²) >= 11 is 3.76. The van der Waals surface area contributed by atoms with Crippen molar-refractivity contribution in [2.75, 3.05) is 0 Å². The zero-order valence-electron chi connectivity index (χ0n) is 9.05. The molecule has 1 aromatic carbocycles. The van der Waals surface area contributed by atoms with Gasteiger partial charge in [0.05, 0.1) is 5.52 Å². The summed E-state index contributed by atoms with van der Waals surface area (Å²) in [7, 11) is 2.19. The van der Waals surface area contributed by atoms with E-state index < -0.39 is 0 Å². The van der Waals surface area contributed by atoms with Crippen molar-refractivity contribution in [1.82, 2.24) is 4.57 Å². The number of rotatable bonds is 1. The Hall–Kier alpha value is -0.760. The van der Waals surface area contributed by atoms with E-state index in [1.54, 1.807) is 0 Å². The molecule has 2 heteroatoms. The minimum absolute atomic E-state index is 0.788. The molecule has 0 saturated heterocycles. The lowest BCUT2D eigenvalue weighted by atomic mass is 10.1. The lowest BCUT2D eigenvalue weighted by molar-refractivity contribution is 0.850. The molecule has 0 N–H and O–H groups in total. The summed E-state index contributed by atoms with van der Waals surface area (Å²) in [5, 5.41) is 1.36. The average molecular weight is 264 g/mol. The third kappa shape index (κ3) is 1.27. The second kappa shape index (κ2) is 3.11. The third-order valence-corrected chi connectivity index (χ3v) is 4.19. The zero-order valence-corrected chi connectivity index (χ0v) is 10.6. The van der Waals surface area contributed by atoms with E-state index in [2.05, 4.69) is 52.7 Å². The molecule has 1 saturated carbocycles.